The molecular formula is C18H15F2N3O2S. The Morgan fingerprint density at radius 3 is 2.58 bits per heavy atom. The van der Waals surface area contributed by atoms with Crippen molar-refractivity contribution in [3.05, 3.63) is 66.5 Å². The third-order valence-electron chi connectivity index (χ3n) is 3.45. The molecule has 2 aromatic carbocycles. The quantitative estimate of drug-likeness (QED) is 0.693. The third kappa shape index (κ3) is 4.40. The summed E-state index contributed by atoms with van der Waals surface area (Å²) in [6.07, 6.45) is 3.58. The van der Waals surface area contributed by atoms with Crippen LogP contribution in [0.5, 0.6) is 5.75 Å². The predicted octanol–water partition coefficient (Wildman–Crippen LogP) is 4.43. The Bertz CT molecular complexity index is 897. The molecule has 3 rings (SSSR count). The summed E-state index contributed by atoms with van der Waals surface area (Å²) in [5.74, 6) is -0.687. The summed E-state index contributed by atoms with van der Waals surface area (Å²) in [6.45, 7) is -2.99. The van der Waals surface area contributed by atoms with Gasteiger partial charge in [0.05, 0.1) is 5.56 Å². The summed E-state index contributed by atoms with van der Waals surface area (Å²) in [7, 11) is 1.91. The van der Waals surface area contributed by atoms with Gasteiger partial charge < -0.3 is 14.6 Å². The number of anilines is 1. The van der Waals surface area contributed by atoms with E-state index in [1.165, 1.54) is 30.0 Å². The van der Waals surface area contributed by atoms with E-state index in [0.29, 0.717) is 5.69 Å². The molecule has 0 unspecified atom stereocenters. The molecule has 0 bridgehead atoms. The van der Waals surface area contributed by atoms with Crippen LogP contribution in [0, 0.1) is 0 Å². The number of nitrogens with one attached hydrogen (secondary N) is 1. The smallest absolute Gasteiger partial charge is 0.387 e. The van der Waals surface area contributed by atoms with Crippen molar-refractivity contribution >= 4 is 23.4 Å². The number of imidazole rings is 1. The highest BCUT2D eigenvalue weighted by Gasteiger charge is 2.15. The first kappa shape index (κ1) is 17.9. The van der Waals surface area contributed by atoms with Crippen molar-refractivity contribution in [1.29, 1.82) is 0 Å². The maximum Gasteiger partial charge on any atom is 0.387 e. The van der Waals surface area contributed by atoms with Gasteiger partial charge in [0.25, 0.3) is 5.91 Å². The SMILES string of the molecule is Cn1ccnc1Sc1ccc(NC(=O)c2ccccc2OC(F)F)cc1. The number of para-hydroxylation sites is 1. The van der Waals surface area contributed by atoms with Crippen molar-refractivity contribution in [3.63, 3.8) is 0 Å². The summed E-state index contributed by atoms with van der Waals surface area (Å²) in [5.41, 5.74) is 0.588. The number of benzene rings is 2. The Morgan fingerprint density at radius 1 is 1.19 bits per heavy atom. The molecule has 1 N–H and O–H groups in total. The highest BCUT2D eigenvalue weighted by Crippen LogP contribution is 2.27. The van der Waals surface area contributed by atoms with Crippen molar-refractivity contribution in [2.24, 2.45) is 7.05 Å². The molecule has 0 aliphatic rings. The molecule has 0 saturated carbocycles. The van der Waals surface area contributed by atoms with Crippen LogP contribution in [0.2, 0.25) is 0 Å². The fourth-order valence-corrected chi connectivity index (χ4v) is 3.01. The van der Waals surface area contributed by atoms with E-state index in [2.05, 4.69) is 15.0 Å². The Morgan fingerprint density at radius 2 is 1.92 bits per heavy atom. The van der Waals surface area contributed by atoms with Crippen molar-refractivity contribution in [2.75, 3.05) is 5.32 Å². The lowest BCUT2D eigenvalue weighted by Gasteiger charge is -2.11. The highest BCUT2D eigenvalue weighted by molar-refractivity contribution is 7.99. The topological polar surface area (TPSA) is 56.2 Å². The molecule has 134 valence electrons. The zero-order valence-corrected chi connectivity index (χ0v) is 14.5. The first-order chi connectivity index (χ1) is 12.5. The Labute approximate surface area is 153 Å². The van der Waals surface area contributed by atoms with E-state index in [1.54, 1.807) is 24.4 Å². The van der Waals surface area contributed by atoms with E-state index < -0.39 is 12.5 Å². The molecule has 3 aromatic rings. The number of aromatic nitrogens is 2. The van der Waals surface area contributed by atoms with Gasteiger partial charge in [-0.1, -0.05) is 23.9 Å². The molecule has 5 nitrogen and oxygen atoms in total. The van der Waals surface area contributed by atoms with Crippen LogP contribution in [0.3, 0.4) is 0 Å². The number of halogens is 2. The molecule has 0 spiro atoms. The number of alkyl halides is 2. The Balaban J connectivity index is 1.69. The molecule has 0 aliphatic heterocycles. The van der Waals surface area contributed by atoms with E-state index in [-0.39, 0.29) is 11.3 Å². The van der Waals surface area contributed by atoms with Crippen molar-refractivity contribution < 1.29 is 18.3 Å². The first-order valence-electron chi connectivity index (χ1n) is 7.63. The molecular weight excluding hydrogens is 360 g/mol. The zero-order valence-electron chi connectivity index (χ0n) is 13.7. The minimum absolute atomic E-state index is 0.0410. The minimum Gasteiger partial charge on any atom is -0.434 e. The van der Waals surface area contributed by atoms with Crippen molar-refractivity contribution in [1.82, 2.24) is 9.55 Å². The van der Waals surface area contributed by atoms with Gasteiger partial charge in [-0.3, -0.25) is 4.79 Å². The summed E-state index contributed by atoms with van der Waals surface area (Å²) in [4.78, 5) is 17.5. The molecule has 8 heteroatoms. The zero-order chi connectivity index (χ0) is 18.5. The molecule has 1 amide bonds. The summed E-state index contributed by atoms with van der Waals surface area (Å²) >= 11 is 1.49. The van der Waals surface area contributed by atoms with E-state index >= 15 is 0 Å². The number of carbonyl (C=O) groups is 1. The Hall–Kier alpha value is -2.87. The number of nitrogens with zero attached hydrogens (tertiary/aromatic N) is 2. The molecule has 1 aromatic heterocycles. The van der Waals surface area contributed by atoms with Crippen LogP contribution in [-0.2, 0) is 7.05 Å². The van der Waals surface area contributed by atoms with Gasteiger partial charge in [-0.15, -0.1) is 0 Å². The number of carbonyl (C=O) groups excluding carboxylic acids is 1. The van der Waals surface area contributed by atoms with Crippen LogP contribution in [0.15, 0.2) is 71.0 Å². The van der Waals surface area contributed by atoms with Crippen LogP contribution in [0.25, 0.3) is 0 Å². The van der Waals surface area contributed by atoms with Gasteiger partial charge in [-0.2, -0.15) is 8.78 Å². The average Bonchev–Trinajstić information content (AvgIpc) is 3.01. The van der Waals surface area contributed by atoms with Gasteiger partial charge in [0, 0.05) is 30.0 Å². The van der Waals surface area contributed by atoms with E-state index in [4.69, 9.17) is 0 Å². The first-order valence-corrected chi connectivity index (χ1v) is 8.45. The summed E-state index contributed by atoms with van der Waals surface area (Å²) < 4.78 is 31.2. The lowest BCUT2D eigenvalue weighted by Crippen LogP contribution is -2.14. The van der Waals surface area contributed by atoms with Crippen LogP contribution in [0.4, 0.5) is 14.5 Å². The van der Waals surface area contributed by atoms with Gasteiger partial charge >= 0.3 is 6.61 Å². The minimum atomic E-state index is -2.99. The van der Waals surface area contributed by atoms with Crippen LogP contribution < -0.4 is 10.1 Å². The summed E-state index contributed by atoms with van der Waals surface area (Å²) in [6, 6.07) is 13.0. The van der Waals surface area contributed by atoms with Crippen LogP contribution in [-0.4, -0.2) is 22.1 Å². The number of aryl methyl sites for hydroxylation is 1. The van der Waals surface area contributed by atoms with Crippen molar-refractivity contribution in [2.45, 2.75) is 16.7 Å². The van der Waals surface area contributed by atoms with E-state index in [0.717, 1.165) is 10.1 Å². The van der Waals surface area contributed by atoms with Gasteiger partial charge in [-0.05, 0) is 36.4 Å². The third-order valence-corrected chi connectivity index (χ3v) is 4.53. The monoisotopic (exact) mass is 375 g/mol. The Kier molecular flexibility index (Phi) is 5.52. The summed E-state index contributed by atoms with van der Waals surface area (Å²) in [5, 5.41) is 3.52. The standard InChI is InChI=1S/C18H15F2N3O2S/c1-23-11-10-21-18(23)26-13-8-6-12(7-9-13)22-16(24)14-4-2-3-5-15(14)25-17(19)20/h2-11,17H,1H3,(H,22,24). The van der Waals surface area contributed by atoms with Crippen LogP contribution in [0.1, 0.15) is 10.4 Å². The van der Waals surface area contributed by atoms with Gasteiger partial charge in [0.15, 0.2) is 5.16 Å². The molecule has 0 atom stereocenters. The van der Waals surface area contributed by atoms with Gasteiger partial charge in [-0.25, -0.2) is 4.98 Å². The normalized spacial score (nSPS) is 10.8. The van der Waals surface area contributed by atoms with Gasteiger partial charge in [0.1, 0.15) is 5.75 Å². The number of hydrogen-bond donors (Lipinski definition) is 1. The molecule has 0 aliphatic carbocycles. The number of rotatable bonds is 6. The molecule has 26 heavy (non-hydrogen) atoms. The maximum absolute atomic E-state index is 12.5. The number of ether oxygens (including phenoxy) is 1. The predicted molar refractivity (Wildman–Crippen MR) is 94.8 cm³/mol. The fourth-order valence-electron chi connectivity index (χ4n) is 2.21. The van der Waals surface area contributed by atoms with E-state index in [1.807, 2.05) is 29.9 Å². The largest absolute Gasteiger partial charge is 0.434 e. The number of amides is 1. The van der Waals surface area contributed by atoms with Crippen LogP contribution >= 0.6 is 11.8 Å². The second-order valence-electron chi connectivity index (χ2n) is 5.28. The second kappa shape index (κ2) is 8.01. The fraction of sp³-hybridized carbons (Fsp3) is 0.111. The second-order valence-corrected chi connectivity index (χ2v) is 6.32. The molecule has 1 heterocycles. The lowest BCUT2D eigenvalue weighted by atomic mass is 10.2. The average molecular weight is 375 g/mol. The highest BCUT2D eigenvalue weighted by atomic mass is 32.2. The lowest BCUT2D eigenvalue weighted by molar-refractivity contribution is -0.0501. The van der Waals surface area contributed by atoms with Crippen molar-refractivity contribution in [3.8, 4) is 5.75 Å². The van der Waals surface area contributed by atoms with Gasteiger partial charge in [0.2, 0.25) is 0 Å². The molecule has 0 saturated heterocycles. The molecule has 0 fully saturated rings. The van der Waals surface area contributed by atoms with E-state index in [9.17, 15) is 13.6 Å². The maximum atomic E-state index is 12.5. The number of hydrogen-bond acceptors (Lipinski definition) is 4. The molecule has 0 radical (unpaired) electrons.